The van der Waals surface area contributed by atoms with Gasteiger partial charge in [-0.05, 0) is 59.5 Å². The summed E-state index contributed by atoms with van der Waals surface area (Å²) in [6, 6.07) is 3.84. The maximum Gasteiger partial charge on any atom is 0.251 e. The molecule has 1 aromatic rings. The number of carbonyl (C=O) groups is 1. The lowest BCUT2D eigenvalue weighted by molar-refractivity contribution is 0.0936. The molecule has 21 heavy (non-hydrogen) atoms. The molecule has 5 heteroatoms. The topological polar surface area (TPSA) is 57.3 Å². The normalized spacial score (nSPS) is 12.3. The lowest BCUT2D eigenvalue weighted by Gasteiger charge is -2.17. The summed E-state index contributed by atoms with van der Waals surface area (Å²) in [6.07, 6.45) is 1.75. The number of anilines is 1. The van der Waals surface area contributed by atoms with Gasteiger partial charge in [0.05, 0.1) is 0 Å². The number of nitrogens with zero attached hydrogens (tertiary/aromatic N) is 2. The third kappa shape index (κ3) is 6.12. The Bertz CT molecular complexity index is 460. The lowest BCUT2D eigenvalue weighted by Crippen LogP contribution is -2.34. The van der Waals surface area contributed by atoms with Crippen molar-refractivity contribution in [3.8, 4) is 0 Å². The third-order valence-corrected chi connectivity index (χ3v) is 3.25. The van der Waals surface area contributed by atoms with Crippen molar-refractivity contribution in [3.05, 3.63) is 23.4 Å². The first-order chi connectivity index (χ1) is 9.96. The zero-order valence-electron chi connectivity index (χ0n) is 13.9. The largest absolute Gasteiger partial charge is 0.370 e. The van der Waals surface area contributed by atoms with E-state index in [0.717, 1.165) is 37.4 Å². The van der Waals surface area contributed by atoms with Crippen LogP contribution in [0.15, 0.2) is 12.1 Å². The fourth-order valence-corrected chi connectivity index (χ4v) is 2.00. The van der Waals surface area contributed by atoms with Gasteiger partial charge in [-0.15, -0.1) is 0 Å². The van der Waals surface area contributed by atoms with Crippen molar-refractivity contribution in [2.24, 2.45) is 0 Å². The molecule has 2 N–H and O–H groups in total. The highest BCUT2D eigenvalue weighted by Gasteiger charge is 2.12. The SMILES string of the molecule is CCNc1cc(C(=O)NC(C)CCN(C)C)cc(CC)n1. The fourth-order valence-electron chi connectivity index (χ4n) is 2.00. The molecule has 0 radical (unpaired) electrons. The molecule has 0 spiro atoms. The number of hydrogen-bond acceptors (Lipinski definition) is 4. The molecular weight excluding hydrogens is 264 g/mol. The van der Waals surface area contributed by atoms with Gasteiger partial charge in [0.25, 0.3) is 5.91 Å². The molecule has 1 atom stereocenters. The molecule has 0 aliphatic carbocycles. The Morgan fingerprint density at radius 2 is 2.05 bits per heavy atom. The van der Waals surface area contributed by atoms with Gasteiger partial charge in [0.2, 0.25) is 0 Å². The zero-order valence-corrected chi connectivity index (χ0v) is 13.9. The van der Waals surface area contributed by atoms with Gasteiger partial charge >= 0.3 is 0 Å². The number of nitrogens with one attached hydrogen (secondary N) is 2. The highest BCUT2D eigenvalue weighted by molar-refractivity contribution is 5.95. The van der Waals surface area contributed by atoms with Crippen LogP contribution in [0.2, 0.25) is 0 Å². The van der Waals surface area contributed by atoms with Crippen LogP contribution in [-0.4, -0.2) is 49.0 Å². The van der Waals surface area contributed by atoms with Crippen molar-refractivity contribution < 1.29 is 4.79 Å². The minimum absolute atomic E-state index is 0.0301. The maximum absolute atomic E-state index is 12.3. The average molecular weight is 292 g/mol. The fraction of sp³-hybridized carbons (Fsp3) is 0.625. The molecule has 118 valence electrons. The van der Waals surface area contributed by atoms with Gasteiger partial charge in [-0.1, -0.05) is 6.92 Å². The van der Waals surface area contributed by atoms with Crippen molar-refractivity contribution in [1.82, 2.24) is 15.2 Å². The molecule has 1 heterocycles. The van der Waals surface area contributed by atoms with Crippen molar-refractivity contribution in [3.63, 3.8) is 0 Å². The van der Waals surface area contributed by atoms with Gasteiger partial charge in [-0.2, -0.15) is 0 Å². The predicted molar refractivity (Wildman–Crippen MR) is 87.9 cm³/mol. The maximum atomic E-state index is 12.3. The standard InChI is InChI=1S/C16H28N4O/c1-6-14-10-13(11-15(19-14)17-7-2)16(21)18-12(3)8-9-20(4)5/h10-12H,6-9H2,1-5H3,(H,17,19)(H,18,21). The molecule has 0 bridgehead atoms. The van der Waals surface area contributed by atoms with E-state index in [1.165, 1.54) is 0 Å². The molecule has 1 amide bonds. The molecule has 0 saturated heterocycles. The van der Waals surface area contributed by atoms with Crippen LogP contribution in [0.5, 0.6) is 0 Å². The van der Waals surface area contributed by atoms with E-state index in [0.29, 0.717) is 5.56 Å². The Balaban J connectivity index is 2.74. The third-order valence-electron chi connectivity index (χ3n) is 3.25. The van der Waals surface area contributed by atoms with Crippen LogP contribution >= 0.6 is 0 Å². The van der Waals surface area contributed by atoms with Crippen molar-refractivity contribution in [2.45, 2.75) is 39.7 Å². The van der Waals surface area contributed by atoms with Crippen LogP contribution in [0, 0.1) is 0 Å². The van der Waals surface area contributed by atoms with Crippen LogP contribution in [0.4, 0.5) is 5.82 Å². The summed E-state index contributed by atoms with van der Waals surface area (Å²) in [4.78, 5) is 18.9. The minimum Gasteiger partial charge on any atom is -0.370 e. The lowest BCUT2D eigenvalue weighted by atomic mass is 10.1. The highest BCUT2D eigenvalue weighted by atomic mass is 16.1. The predicted octanol–water partition coefficient (Wildman–Crippen LogP) is 2.15. The first-order valence-corrected chi connectivity index (χ1v) is 7.66. The van der Waals surface area contributed by atoms with Gasteiger partial charge in [0.15, 0.2) is 0 Å². The van der Waals surface area contributed by atoms with Gasteiger partial charge in [0, 0.05) is 23.8 Å². The minimum atomic E-state index is -0.0301. The van der Waals surface area contributed by atoms with Crippen LogP contribution in [-0.2, 0) is 6.42 Å². The quantitative estimate of drug-likeness (QED) is 0.771. The van der Waals surface area contributed by atoms with Gasteiger partial charge in [-0.3, -0.25) is 4.79 Å². The summed E-state index contributed by atoms with van der Waals surface area (Å²) in [7, 11) is 4.07. The van der Waals surface area contributed by atoms with Crippen LogP contribution in [0.3, 0.4) is 0 Å². The number of aromatic nitrogens is 1. The molecule has 1 aromatic heterocycles. The van der Waals surface area contributed by atoms with Gasteiger partial charge in [0.1, 0.15) is 5.82 Å². The smallest absolute Gasteiger partial charge is 0.251 e. The molecule has 0 fully saturated rings. The highest BCUT2D eigenvalue weighted by Crippen LogP contribution is 2.11. The summed E-state index contributed by atoms with van der Waals surface area (Å²) in [5, 5.41) is 6.22. The molecule has 0 aromatic carbocycles. The van der Waals surface area contributed by atoms with Crippen LogP contribution in [0.25, 0.3) is 0 Å². The number of rotatable bonds is 8. The molecular formula is C16H28N4O. The Morgan fingerprint density at radius 3 is 2.62 bits per heavy atom. The summed E-state index contributed by atoms with van der Waals surface area (Å²) >= 11 is 0. The van der Waals surface area contributed by atoms with E-state index >= 15 is 0 Å². The summed E-state index contributed by atoms with van der Waals surface area (Å²) in [5.41, 5.74) is 1.61. The Hall–Kier alpha value is -1.62. The van der Waals surface area contributed by atoms with E-state index in [2.05, 4.69) is 20.5 Å². The van der Waals surface area contributed by atoms with Crippen molar-refractivity contribution in [1.29, 1.82) is 0 Å². The number of hydrogen-bond donors (Lipinski definition) is 2. The number of carbonyl (C=O) groups excluding carboxylic acids is 1. The Kier molecular flexibility index (Phi) is 7.15. The summed E-state index contributed by atoms with van der Waals surface area (Å²) in [6.45, 7) is 7.85. The van der Waals surface area contributed by atoms with E-state index in [9.17, 15) is 4.79 Å². The molecule has 0 aliphatic rings. The first-order valence-electron chi connectivity index (χ1n) is 7.66. The molecule has 0 aliphatic heterocycles. The van der Waals surface area contributed by atoms with E-state index in [4.69, 9.17) is 0 Å². The molecule has 1 unspecified atom stereocenters. The molecule has 0 saturated carbocycles. The van der Waals surface area contributed by atoms with E-state index in [1.807, 2.05) is 47.0 Å². The van der Waals surface area contributed by atoms with Gasteiger partial charge in [-0.25, -0.2) is 4.98 Å². The number of pyridine rings is 1. The second-order valence-electron chi connectivity index (χ2n) is 5.58. The second kappa shape index (κ2) is 8.62. The monoisotopic (exact) mass is 292 g/mol. The molecule has 5 nitrogen and oxygen atoms in total. The zero-order chi connectivity index (χ0) is 15.8. The summed E-state index contributed by atoms with van der Waals surface area (Å²) < 4.78 is 0. The molecule has 1 rings (SSSR count). The Labute approximate surface area is 128 Å². The average Bonchev–Trinajstić information content (AvgIpc) is 2.45. The van der Waals surface area contributed by atoms with E-state index in [-0.39, 0.29) is 11.9 Å². The summed E-state index contributed by atoms with van der Waals surface area (Å²) in [5.74, 6) is 0.737. The van der Waals surface area contributed by atoms with Crippen LogP contribution in [0.1, 0.15) is 43.2 Å². The van der Waals surface area contributed by atoms with Crippen LogP contribution < -0.4 is 10.6 Å². The van der Waals surface area contributed by atoms with E-state index < -0.39 is 0 Å². The Morgan fingerprint density at radius 1 is 1.33 bits per heavy atom. The van der Waals surface area contributed by atoms with E-state index in [1.54, 1.807) is 0 Å². The van der Waals surface area contributed by atoms with Gasteiger partial charge < -0.3 is 15.5 Å². The van der Waals surface area contributed by atoms with Crippen molar-refractivity contribution in [2.75, 3.05) is 32.5 Å². The second-order valence-corrected chi connectivity index (χ2v) is 5.58. The number of amides is 1. The van der Waals surface area contributed by atoms with Crippen molar-refractivity contribution >= 4 is 11.7 Å². The number of aryl methyl sites for hydroxylation is 1. The first kappa shape index (κ1) is 17.4.